The lowest BCUT2D eigenvalue weighted by Crippen LogP contribution is -2.31. The fourth-order valence-corrected chi connectivity index (χ4v) is 4.38. The molecule has 1 aliphatic rings. The highest BCUT2D eigenvalue weighted by molar-refractivity contribution is 5.84. The number of unbranched alkanes of at least 4 members (excludes halogenated alkanes) is 2. The van der Waals surface area contributed by atoms with Crippen LogP contribution in [0, 0.1) is 17.3 Å². The smallest absolute Gasteiger partial charge is 0.311 e. The molecule has 0 amide bonds. The van der Waals surface area contributed by atoms with Crippen molar-refractivity contribution in [3.05, 3.63) is 24.5 Å². The zero-order valence-electron chi connectivity index (χ0n) is 20.4. The predicted molar refractivity (Wildman–Crippen MR) is 126 cm³/mol. The molecule has 0 aromatic rings. The van der Waals surface area contributed by atoms with E-state index in [0.717, 1.165) is 32.1 Å². The fraction of sp³-hybridized carbons (Fsp3) is 0.731. The van der Waals surface area contributed by atoms with Gasteiger partial charge in [0, 0.05) is 12.3 Å². The van der Waals surface area contributed by atoms with E-state index in [9.17, 15) is 24.6 Å². The number of Topliss-reactive ketones (excluding diaryl/α,β-unsaturated/α-hetero) is 1. The van der Waals surface area contributed by atoms with E-state index in [1.807, 2.05) is 6.08 Å². The number of ether oxygens (including phenoxy) is 1. The molecule has 7 nitrogen and oxygen atoms in total. The monoisotopic (exact) mass is 466 g/mol. The first-order chi connectivity index (χ1) is 15.6. The lowest BCUT2D eigenvalue weighted by atomic mass is 9.77. The second-order valence-electron chi connectivity index (χ2n) is 9.76. The molecular weight excluding hydrogens is 424 g/mol. The van der Waals surface area contributed by atoms with Crippen molar-refractivity contribution in [3.8, 4) is 0 Å². The van der Waals surface area contributed by atoms with Crippen LogP contribution in [0.25, 0.3) is 0 Å². The third-order valence-corrected chi connectivity index (χ3v) is 6.64. The van der Waals surface area contributed by atoms with Gasteiger partial charge in [-0.25, -0.2) is 0 Å². The Hall–Kier alpha value is -1.99. The molecule has 4 atom stereocenters. The number of hydrogen-bond acceptors (Lipinski definition) is 6. The SMILES string of the molecule is CCCCC(C)(C)[C@H](O)CC[C@H]1[C@H](O)CC(=O)[C@@H]1CCC/C=C/C=C/OC(=O)CCC(=O)O. The van der Waals surface area contributed by atoms with Crippen molar-refractivity contribution in [2.45, 2.75) is 104 Å². The average molecular weight is 467 g/mol. The molecule has 0 aliphatic heterocycles. The minimum absolute atomic E-state index is 0.0942. The highest BCUT2D eigenvalue weighted by Gasteiger charge is 2.41. The standard InChI is InChI=1S/C26H42O7/c1-4-5-16-26(2,3)23(29)13-12-20-19(21(27)18-22(20)28)11-9-7-6-8-10-17-33-25(32)15-14-24(30)31/h6,8,10,17,19-20,22-23,28-29H,4-5,7,9,11-16,18H2,1-3H3,(H,30,31)/b8-6+,17-10+/t19-,20-,22-,23-/m1/s1. The summed E-state index contributed by atoms with van der Waals surface area (Å²) in [4.78, 5) is 34.1. The maximum Gasteiger partial charge on any atom is 0.311 e. The van der Waals surface area contributed by atoms with E-state index in [1.54, 1.807) is 12.2 Å². The molecule has 1 fully saturated rings. The molecule has 0 bridgehead atoms. The topological polar surface area (TPSA) is 121 Å². The van der Waals surface area contributed by atoms with Crippen LogP contribution in [0.15, 0.2) is 24.5 Å². The van der Waals surface area contributed by atoms with Gasteiger partial charge in [0.25, 0.3) is 0 Å². The van der Waals surface area contributed by atoms with Gasteiger partial charge in [0.05, 0.1) is 31.3 Å². The molecule has 0 spiro atoms. The second kappa shape index (κ2) is 15.0. The van der Waals surface area contributed by atoms with Gasteiger partial charge in [0.2, 0.25) is 0 Å². The van der Waals surface area contributed by atoms with Crippen LogP contribution in [-0.4, -0.2) is 45.2 Å². The normalized spacial score (nSPS) is 22.3. The van der Waals surface area contributed by atoms with E-state index in [-0.39, 0.29) is 42.3 Å². The van der Waals surface area contributed by atoms with Crippen molar-refractivity contribution in [3.63, 3.8) is 0 Å². The number of aliphatic carboxylic acids is 1. The Morgan fingerprint density at radius 3 is 2.58 bits per heavy atom. The van der Waals surface area contributed by atoms with Gasteiger partial charge in [-0.05, 0) is 55.9 Å². The van der Waals surface area contributed by atoms with Gasteiger partial charge in [0.15, 0.2) is 0 Å². The van der Waals surface area contributed by atoms with E-state index < -0.39 is 24.1 Å². The fourth-order valence-electron chi connectivity index (χ4n) is 4.38. The van der Waals surface area contributed by atoms with Gasteiger partial charge in [-0.3, -0.25) is 14.4 Å². The van der Waals surface area contributed by atoms with E-state index in [0.29, 0.717) is 19.3 Å². The number of aliphatic hydroxyl groups excluding tert-OH is 2. The van der Waals surface area contributed by atoms with Crippen molar-refractivity contribution in [2.75, 3.05) is 0 Å². The molecule has 1 aliphatic carbocycles. The zero-order valence-corrected chi connectivity index (χ0v) is 20.4. The number of esters is 1. The lowest BCUT2D eigenvalue weighted by molar-refractivity contribution is -0.144. The molecule has 188 valence electrons. The summed E-state index contributed by atoms with van der Waals surface area (Å²) in [7, 11) is 0. The van der Waals surface area contributed by atoms with Crippen LogP contribution >= 0.6 is 0 Å². The molecule has 1 rings (SSSR count). The van der Waals surface area contributed by atoms with Crippen molar-refractivity contribution in [2.24, 2.45) is 17.3 Å². The number of allylic oxidation sites excluding steroid dienone is 3. The summed E-state index contributed by atoms with van der Waals surface area (Å²) in [6.45, 7) is 6.30. The highest BCUT2D eigenvalue weighted by Crippen LogP contribution is 2.38. The molecule has 0 aromatic heterocycles. The minimum Gasteiger partial charge on any atom is -0.481 e. The molecule has 0 saturated heterocycles. The number of hydrogen-bond donors (Lipinski definition) is 3. The number of carboxylic acid groups (broad SMARTS) is 1. The third kappa shape index (κ3) is 11.1. The largest absolute Gasteiger partial charge is 0.481 e. The van der Waals surface area contributed by atoms with Crippen LogP contribution in [0.3, 0.4) is 0 Å². The number of carbonyl (C=O) groups excluding carboxylic acids is 2. The number of ketones is 1. The van der Waals surface area contributed by atoms with Crippen LogP contribution < -0.4 is 0 Å². The molecule has 0 heterocycles. The van der Waals surface area contributed by atoms with Crippen LogP contribution in [0.5, 0.6) is 0 Å². The van der Waals surface area contributed by atoms with Crippen LogP contribution in [0.4, 0.5) is 0 Å². The minimum atomic E-state index is -1.04. The van der Waals surface area contributed by atoms with E-state index in [4.69, 9.17) is 9.84 Å². The first kappa shape index (κ1) is 29.0. The summed E-state index contributed by atoms with van der Waals surface area (Å²) >= 11 is 0. The summed E-state index contributed by atoms with van der Waals surface area (Å²) in [5.41, 5.74) is -0.165. The first-order valence-electron chi connectivity index (χ1n) is 12.2. The zero-order chi connectivity index (χ0) is 24.9. The molecule has 1 saturated carbocycles. The maximum atomic E-state index is 12.4. The van der Waals surface area contributed by atoms with Crippen LogP contribution in [0.2, 0.25) is 0 Å². The number of carbonyl (C=O) groups is 3. The Morgan fingerprint density at radius 2 is 1.91 bits per heavy atom. The first-order valence-corrected chi connectivity index (χ1v) is 12.2. The van der Waals surface area contributed by atoms with Gasteiger partial charge < -0.3 is 20.1 Å². The summed E-state index contributed by atoms with van der Waals surface area (Å²) in [5.74, 6) is -1.78. The Balaban J connectivity index is 2.40. The molecule has 0 aromatic carbocycles. The molecule has 0 unspecified atom stereocenters. The van der Waals surface area contributed by atoms with E-state index >= 15 is 0 Å². The highest BCUT2D eigenvalue weighted by atomic mass is 16.5. The van der Waals surface area contributed by atoms with Crippen molar-refractivity contribution < 1.29 is 34.4 Å². The quantitative estimate of drug-likeness (QED) is 0.132. The van der Waals surface area contributed by atoms with Crippen LogP contribution in [0.1, 0.15) is 91.4 Å². The number of aliphatic hydroxyl groups is 2. The van der Waals surface area contributed by atoms with Gasteiger partial charge in [-0.1, -0.05) is 45.8 Å². The predicted octanol–water partition coefficient (Wildman–Crippen LogP) is 4.56. The molecule has 3 N–H and O–H groups in total. The van der Waals surface area contributed by atoms with Crippen LogP contribution in [-0.2, 0) is 19.1 Å². The summed E-state index contributed by atoms with van der Waals surface area (Å²) in [6.07, 6.45) is 11.8. The van der Waals surface area contributed by atoms with Crippen molar-refractivity contribution in [1.29, 1.82) is 0 Å². The number of carboxylic acids is 1. The van der Waals surface area contributed by atoms with E-state index in [2.05, 4.69) is 20.8 Å². The van der Waals surface area contributed by atoms with Crippen molar-refractivity contribution >= 4 is 17.7 Å². The van der Waals surface area contributed by atoms with Gasteiger partial charge >= 0.3 is 11.9 Å². The molecular formula is C26H42O7. The number of rotatable bonds is 16. The lowest BCUT2D eigenvalue weighted by Gasteiger charge is -2.32. The summed E-state index contributed by atoms with van der Waals surface area (Å²) in [5, 5.41) is 29.6. The van der Waals surface area contributed by atoms with Gasteiger partial charge in [0.1, 0.15) is 5.78 Å². The Labute approximate surface area is 197 Å². The summed E-state index contributed by atoms with van der Waals surface area (Å²) < 4.78 is 4.78. The third-order valence-electron chi connectivity index (χ3n) is 6.64. The molecule has 7 heteroatoms. The van der Waals surface area contributed by atoms with Gasteiger partial charge in [-0.2, -0.15) is 0 Å². The second-order valence-corrected chi connectivity index (χ2v) is 9.76. The molecule has 0 radical (unpaired) electrons. The summed E-state index contributed by atoms with van der Waals surface area (Å²) in [6, 6.07) is 0. The van der Waals surface area contributed by atoms with E-state index in [1.165, 1.54) is 6.26 Å². The van der Waals surface area contributed by atoms with Gasteiger partial charge in [-0.15, -0.1) is 0 Å². The molecule has 33 heavy (non-hydrogen) atoms. The van der Waals surface area contributed by atoms with Crippen molar-refractivity contribution in [1.82, 2.24) is 0 Å². The maximum absolute atomic E-state index is 12.4. The Bertz CT molecular complexity index is 680. The Morgan fingerprint density at radius 1 is 1.18 bits per heavy atom. The average Bonchev–Trinajstić information content (AvgIpc) is 3.02. The Kier molecular flexibility index (Phi) is 13.2.